The molecule has 0 saturated carbocycles. The van der Waals surface area contributed by atoms with Gasteiger partial charge in [-0.25, -0.2) is 8.42 Å². The van der Waals surface area contributed by atoms with E-state index in [-0.39, 0.29) is 23.3 Å². The van der Waals surface area contributed by atoms with Crippen LogP contribution in [-0.2, 0) is 21.2 Å². The highest BCUT2D eigenvalue weighted by Crippen LogP contribution is 2.27. The average molecular weight is 431 g/mol. The molecule has 0 aliphatic carbocycles. The number of ether oxygens (including phenoxy) is 1. The second kappa shape index (κ2) is 10.1. The first-order valence-corrected chi connectivity index (χ1v) is 11.8. The summed E-state index contributed by atoms with van der Waals surface area (Å²) in [6, 6.07) is 14.3. The Labute approximate surface area is 179 Å². The maximum atomic E-state index is 13.1. The first-order chi connectivity index (χ1) is 14.4. The lowest BCUT2D eigenvalue weighted by atomic mass is 10.0. The fraction of sp³-hybridized carbons (Fsp3) is 0.435. The molecule has 1 heterocycles. The fourth-order valence-electron chi connectivity index (χ4n) is 3.87. The summed E-state index contributed by atoms with van der Waals surface area (Å²) < 4.78 is 33.1. The van der Waals surface area contributed by atoms with E-state index in [0.29, 0.717) is 25.9 Å². The fourth-order valence-corrected chi connectivity index (χ4v) is 5.57. The molecular formula is C23H30N2O4S. The van der Waals surface area contributed by atoms with Crippen LogP contribution in [0.1, 0.15) is 36.8 Å². The molecule has 1 aliphatic rings. The number of carbonyl (C=O) groups excluding carboxylic acids is 1. The maximum Gasteiger partial charge on any atom is 0.243 e. The minimum atomic E-state index is -3.61. The molecule has 30 heavy (non-hydrogen) atoms. The molecule has 1 amide bonds. The predicted octanol–water partition coefficient (Wildman–Crippen LogP) is 3.30. The molecule has 7 heteroatoms. The van der Waals surface area contributed by atoms with Gasteiger partial charge in [-0.15, -0.1) is 0 Å². The van der Waals surface area contributed by atoms with Crippen molar-refractivity contribution < 1.29 is 17.9 Å². The second-order valence-electron chi connectivity index (χ2n) is 7.69. The van der Waals surface area contributed by atoms with E-state index in [1.54, 1.807) is 31.4 Å². The van der Waals surface area contributed by atoms with Crippen LogP contribution in [0.25, 0.3) is 0 Å². The molecule has 3 rings (SSSR count). The lowest BCUT2D eigenvalue weighted by molar-refractivity contribution is -0.122. The molecule has 0 radical (unpaired) electrons. The number of nitrogens with one attached hydrogen (secondary N) is 1. The van der Waals surface area contributed by atoms with Crippen molar-refractivity contribution in [1.29, 1.82) is 0 Å². The standard InChI is InChI=1S/C23H30N2O4S/c1-18-10-12-21(13-11-18)30(27,28)25-16-6-5-8-20(25)17-23(26)24-15-14-19-7-3-4-9-22(19)29-2/h3-4,7,9-13,20H,5-6,8,14-17H2,1-2H3,(H,24,26). The van der Waals surface area contributed by atoms with Gasteiger partial charge in [0.1, 0.15) is 5.75 Å². The number of rotatable bonds is 8. The van der Waals surface area contributed by atoms with E-state index >= 15 is 0 Å². The molecule has 1 aliphatic heterocycles. The summed E-state index contributed by atoms with van der Waals surface area (Å²) in [4.78, 5) is 12.8. The van der Waals surface area contributed by atoms with Gasteiger partial charge >= 0.3 is 0 Å². The smallest absolute Gasteiger partial charge is 0.243 e. The van der Waals surface area contributed by atoms with Gasteiger partial charge in [0.2, 0.25) is 15.9 Å². The van der Waals surface area contributed by atoms with Gasteiger partial charge in [0.25, 0.3) is 0 Å². The van der Waals surface area contributed by atoms with Crippen LogP contribution in [0.4, 0.5) is 0 Å². The molecule has 6 nitrogen and oxygen atoms in total. The van der Waals surface area contributed by atoms with Gasteiger partial charge in [0, 0.05) is 25.6 Å². The number of para-hydroxylation sites is 1. The summed E-state index contributed by atoms with van der Waals surface area (Å²) in [6.45, 7) is 2.86. The van der Waals surface area contributed by atoms with Gasteiger partial charge in [-0.1, -0.05) is 42.3 Å². The zero-order chi connectivity index (χ0) is 21.6. The lowest BCUT2D eigenvalue weighted by Crippen LogP contribution is -2.46. The summed E-state index contributed by atoms with van der Waals surface area (Å²) in [5.74, 6) is 0.676. The Morgan fingerprint density at radius 2 is 1.87 bits per heavy atom. The minimum absolute atomic E-state index is 0.124. The molecule has 2 aromatic rings. The van der Waals surface area contributed by atoms with Crippen LogP contribution in [0.2, 0.25) is 0 Å². The summed E-state index contributed by atoms with van der Waals surface area (Å²) in [5.41, 5.74) is 2.04. The van der Waals surface area contributed by atoms with Crippen molar-refractivity contribution in [3.05, 3.63) is 59.7 Å². The molecule has 1 atom stereocenters. The Balaban J connectivity index is 1.61. The van der Waals surface area contributed by atoms with Crippen molar-refractivity contribution in [1.82, 2.24) is 9.62 Å². The predicted molar refractivity (Wildman–Crippen MR) is 117 cm³/mol. The highest BCUT2D eigenvalue weighted by molar-refractivity contribution is 7.89. The SMILES string of the molecule is COc1ccccc1CCNC(=O)CC1CCCCN1S(=O)(=O)c1ccc(C)cc1. The Hall–Kier alpha value is -2.38. The van der Waals surface area contributed by atoms with Crippen molar-refractivity contribution in [2.75, 3.05) is 20.2 Å². The van der Waals surface area contributed by atoms with Gasteiger partial charge in [-0.2, -0.15) is 4.31 Å². The maximum absolute atomic E-state index is 13.1. The summed E-state index contributed by atoms with van der Waals surface area (Å²) in [5, 5.41) is 2.93. The molecule has 1 unspecified atom stereocenters. The van der Waals surface area contributed by atoms with Crippen LogP contribution < -0.4 is 10.1 Å². The summed E-state index contributed by atoms with van der Waals surface area (Å²) in [6.07, 6.45) is 3.28. The third kappa shape index (κ3) is 5.40. The summed E-state index contributed by atoms with van der Waals surface area (Å²) >= 11 is 0. The molecule has 1 saturated heterocycles. The highest BCUT2D eigenvalue weighted by atomic mass is 32.2. The van der Waals surface area contributed by atoms with Gasteiger partial charge in [-0.3, -0.25) is 4.79 Å². The van der Waals surface area contributed by atoms with E-state index in [4.69, 9.17) is 4.74 Å². The first kappa shape index (κ1) is 22.3. The topological polar surface area (TPSA) is 75.7 Å². The van der Waals surface area contributed by atoms with E-state index in [0.717, 1.165) is 29.7 Å². The van der Waals surface area contributed by atoms with Crippen molar-refractivity contribution in [3.63, 3.8) is 0 Å². The monoisotopic (exact) mass is 430 g/mol. The number of hydrogen-bond acceptors (Lipinski definition) is 4. The van der Waals surface area contributed by atoms with Gasteiger partial charge in [0.15, 0.2) is 0 Å². The van der Waals surface area contributed by atoms with Crippen LogP contribution in [0.15, 0.2) is 53.4 Å². The largest absolute Gasteiger partial charge is 0.496 e. The number of sulfonamides is 1. The highest BCUT2D eigenvalue weighted by Gasteiger charge is 2.34. The number of methoxy groups -OCH3 is 1. The third-order valence-electron chi connectivity index (χ3n) is 5.53. The van der Waals surface area contributed by atoms with Crippen LogP contribution >= 0.6 is 0 Å². The number of hydrogen-bond donors (Lipinski definition) is 1. The van der Waals surface area contributed by atoms with Crippen LogP contribution in [0.5, 0.6) is 5.75 Å². The third-order valence-corrected chi connectivity index (χ3v) is 7.50. The van der Waals surface area contributed by atoms with Gasteiger partial charge in [-0.05, 0) is 49.9 Å². The number of amides is 1. The minimum Gasteiger partial charge on any atom is -0.496 e. The Morgan fingerprint density at radius 3 is 2.60 bits per heavy atom. The van der Waals surface area contributed by atoms with Crippen LogP contribution in [0.3, 0.4) is 0 Å². The van der Waals surface area contributed by atoms with Crippen molar-refractivity contribution in [3.8, 4) is 5.75 Å². The molecule has 1 N–H and O–H groups in total. The zero-order valence-corrected chi connectivity index (χ0v) is 18.5. The van der Waals surface area contributed by atoms with E-state index in [9.17, 15) is 13.2 Å². The van der Waals surface area contributed by atoms with E-state index in [1.165, 1.54) is 4.31 Å². The Bertz CT molecular complexity index is 957. The number of carbonyl (C=O) groups is 1. The lowest BCUT2D eigenvalue weighted by Gasteiger charge is -2.34. The van der Waals surface area contributed by atoms with E-state index in [1.807, 2.05) is 31.2 Å². The van der Waals surface area contributed by atoms with Crippen LogP contribution in [-0.4, -0.2) is 44.9 Å². The average Bonchev–Trinajstić information content (AvgIpc) is 2.74. The summed E-state index contributed by atoms with van der Waals surface area (Å²) in [7, 11) is -1.98. The van der Waals surface area contributed by atoms with Crippen molar-refractivity contribution in [2.24, 2.45) is 0 Å². The number of nitrogens with zero attached hydrogens (tertiary/aromatic N) is 1. The molecule has 0 bridgehead atoms. The van der Waals surface area contributed by atoms with E-state index < -0.39 is 10.0 Å². The molecule has 1 fully saturated rings. The molecule has 162 valence electrons. The molecule has 0 spiro atoms. The molecule has 0 aromatic heterocycles. The molecular weight excluding hydrogens is 400 g/mol. The first-order valence-electron chi connectivity index (χ1n) is 10.4. The van der Waals surface area contributed by atoms with Crippen LogP contribution in [0, 0.1) is 6.92 Å². The normalized spacial score (nSPS) is 17.5. The number of aryl methyl sites for hydroxylation is 1. The van der Waals surface area contributed by atoms with Crippen molar-refractivity contribution >= 4 is 15.9 Å². The zero-order valence-electron chi connectivity index (χ0n) is 17.6. The molecule has 2 aromatic carbocycles. The number of piperidine rings is 1. The Morgan fingerprint density at radius 1 is 1.13 bits per heavy atom. The van der Waals surface area contributed by atoms with Gasteiger partial charge in [0.05, 0.1) is 12.0 Å². The Kier molecular flexibility index (Phi) is 7.50. The van der Waals surface area contributed by atoms with Gasteiger partial charge < -0.3 is 10.1 Å². The number of benzene rings is 2. The van der Waals surface area contributed by atoms with Crippen molar-refractivity contribution in [2.45, 2.75) is 50.0 Å². The second-order valence-corrected chi connectivity index (χ2v) is 9.58. The van der Waals surface area contributed by atoms with E-state index in [2.05, 4.69) is 5.32 Å². The quantitative estimate of drug-likeness (QED) is 0.697.